The number of carbonyl (C=O) groups excluding carboxylic acids is 2. The molecule has 0 aliphatic heterocycles. The zero-order chi connectivity index (χ0) is 25.9. The molecular weight excluding hydrogens is 491 g/mol. The third-order valence-electron chi connectivity index (χ3n) is 5.04. The van der Waals surface area contributed by atoms with Crippen molar-refractivity contribution in [2.45, 2.75) is 19.4 Å². The molecule has 0 aliphatic carbocycles. The van der Waals surface area contributed by atoms with Crippen LogP contribution in [0, 0.1) is 17.5 Å². The van der Waals surface area contributed by atoms with Crippen LogP contribution in [0.2, 0.25) is 0 Å². The first-order valence-corrected chi connectivity index (χ1v) is 11.5. The second-order valence-corrected chi connectivity index (χ2v) is 9.22. The van der Waals surface area contributed by atoms with Gasteiger partial charge in [0.15, 0.2) is 5.13 Å². The van der Waals surface area contributed by atoms with Crippen molar-refractivity contribution in [3.63, 3.8) is 0 Å². The molecule has 10 heteroatoms. The minimum atomic E-state index is -1.39. The quantitative estimate of drug-likeness (QED) is 0.311. The Morgan fingerprint density at radius 3 is 2.17 bits per heavy atom. The topological polar surface area (TPSA) is 80.3 Å². The Kier molecular flexibility index (Phi) is 7.07. The number of anilines is 1. The van der Waals surface area contributed by atoms with Gasteiger partial charge in [0, 0.05) is 11.1 Å². The summed E-state index contributed by atoms with van der Waals surface area (Å²) in [4.78, 5) is 29.9. The summed E-state index contributed by atoms with van der Waals surface area (Å²) in [6.07, 6.45) is 0. The molecule has 2 amide bonds. The van der Waals surface area contributed by atoms with Crippen LogP contribution in [0.15, 0.2) is 72.8 Å². The van der Waals surface area contributed by atoms with Crippen LogP contribution < -0.4 is 15.4 Å². The monoisotopic (exact) mass is 511 g/mol. The van der Waals surface area contributed by atoms with Crippen molar-refractivity contribution < 1.29 is 27.5 Å². The van der Waals surface area contributed by atoms with Crippen molar-refractivity contribution >= 4 is 28.3 Å². The number of benzene rings is 3. The van der Waals surface area contributed by atoms with E-state index in [9.17, 15) is 22.8 Å². The minimum absolute atomic E-state index is 0.0682. The van der Waals surface area contributed by atoms with Gasteiger partial charge in [-0.1, -0.05) is 17.4 Å². The maximum absolute atomic E-state index is 13.5. The standard InChI is InChI=1S/C26H20F3N3O3S/c1-26(2,32-22(33)16-4-3-5-19(29)14-16)24(34)31-25-30-21(15-6-8-17(27)9-7-15)23(36-25)35-20-12-10-18(28)11-13-20/h3-14H,1-2H3,(H,32,33)(H,30,31,34). The summed E-state index contributed by atoms with van der Waals surface area (Å²) >= 11 is 1.00. The Morgan fingerprint density at radius 1 is 0.889 bits per heavy atom. The normalized spacial score (nSPS) is 11.1. The first-order valence-electron chi connectivity index (χ1n) is 10.7. The smallest absolute Gasteiger partial charge is 0.252 e. The summed E-state index contributed by atoms with van der Waals surface area (Å²) in [6.45, 7) is 2.98. The fourth-order valence-electron chi connectivity index (χ4n) is 3.12. The van der Waals surface area contributed by atoms with Gasteiger partial charge < -0.3 is 10.1 Å². The van der Waals surface area contributed by atoms with E-state index < -0.39 is 34.8 Å². The number of thiazole rings is 1. The molecule has 0 radical (unpaired) electrons. The lowest BCUT2D eigenvalue weighted by molar-refractivity contribution is -0.120. The average molecular weight is 512 g/mol. The zero-order valence-corrected chi connectivity index (χ0v) is 20.0. The maximum atomic E-state index is 13.5. The highest BCUT2D eigenvalue weighted by molar-refractivity contribution is 7.18. The molecule has 0 atom stereocenters. The van der Waals surface area contributed by atoms with Crippen molar-refractivity contribution in [2.75, 3.05) is 5.32 Å². The molecule has 4 aromatic rings. The molecule has 2 N–H and O–H groups in total. The molecule has 0 unspecified atom stereocenters. The van der Waals surface area contributed by atoms with Crippen LogP contribution in [0.5, 0.6) is 10.8 Å². The van der Waals surface area contributed by atoms with Crippen LogP contribution in [-0.2, 0) is 4.79 Å². The third kappa shape index (κ3) is 5.89. The average Bonchev–Trinajstić information content (AvgIpc) is 3.22. The molecule has 4 rings (SSSR count). The first-order chi connectivity index (χ1) is 17.1. The molecule has 0 aliphatic rings. The van der Waals surface area contributed by atoms with Crippen molar-refractivity contribution in [1.29, 1.82) is 0 Å². The van der Waals surface area contributed by atoms with Crippen LogP contribution >= 0.6 is 11.3 Å². The van der Waals surface area contributed by atoms with Gasteiger partial charge in [0.2, 0.25) is 5.06 Å². The number of hydrogen-bond donors (Lipinski definition) is 2. The van der Waals surface area contributed by atoms with Gasteiger partial charge in [-0.2, -0.15) is 0 Å². The molecule has 0 saturated carbocycles. The number of halogens is 3. The van der Waals surface area contributed by atoms with Gasteiger partial charge >= 0.3 is 0 Å². The molecule has 0 spiro atoms. The second kappa shape index (κ2) is 10.2. The van der Waals surface area contributed by atoms with E-state index in [-0.39, 0.29) is 15.8 Å². The summed E-state index contributed by atoms with van der Waals surface area (Å²) in [6, 6.07) is 16.0. The fourth-order valence-corrected chi connectivity index (χ4v) is 3.98. The lowest BCUT2D eigenvalue weighted by Crippen LogP contribution is -2.52. The van der Waals surface area contributed by atoms with Crippen molar-refractivity contribution in [3.8, 4) is 22.1 Å². The van der Waals surface area contributed by atoms with E-state index in [0.29, 0.717) is 17.0 Å². The van der Waals surface area contributed by atoms with Crippen LogP contribution in [0.1, 0.15) is 24.2 Å². The zero-order valence-electron chi connectivity index (χ0n) is 19.1. The molecule has 184 valence electrons. The highest BCUT2D eigenvalue weighted by atomic mass is 32.1. The highest BCUT2D eigenvalue weighted by Crippen LogP contribution is 2.40. The maximum Gasteiger partial charge on any atom is 0.252 e. The number of hydrogen-bond acceptors (Lipinski definition) is 5. The van der Waals surface area contributed by atoms with Gasteiger partial charge in [-0.3, -0.25) is 14.9 Å². The first kappa shape index (κ1) is 24.9. The summed E-state index contributed by atoms with van der Waals surface area (Å²) in [5, 5.41) is 5.67. The number of nitrogens with one attached hydrogen (secondary N) is 2. The third-order valence-corrected chi connectivity index (χ3v) is 5.89. The number of amides is 2. The van der Waals surface area contributed by atoms with Gasteiger partial charge in [0.1, 0.15) is 34.4 Å². The largest absolute Gasteiger partial charge is 0.444 e. The van der Waals surface area contributed by atoms with E-state index in [0.717, 1.165) is 17.4 Å². The summed E-state index contributed by atoms with van der Waals surface area (Å²) < 4.78 is 46.1. The molecule has 0 bridgehead atoms. The van der Waals surface area contributed by atoms with E-state index in [2.05, 4.69) is 15.6 Å². The van der Waals surface area contributed by atoms with Crippen LogP contribution in [-0.4, -0.2) is 22.3 Å². The fraction of sp³-hybridized carbons (Fsp3) is 0.115. The molecule has 0 fully saturated rings. The van der Waals surface area contributed by atoms with Gasteiger partial charge in [-0.15, -0.1) is 0 Å². The van der Waals surface area contributed by atoms with Crippen LogP contribution in [0.25, 0.3) is 11.3 Å². The number of carbonyl (C=O) groups is 2. The van der Waals surface area contributed by atoms with E-state index in [1.807, 2.05) is 0 Å². The van der Waals surface area contributed by atoms with E-state index in [4.69, 9.17) is 4.74 Å². The number of rotatable bonds is 7. The minimum Gasteiger partial charge on any atom is -0.444 e. The lowest BCUT2D eigenvalue weighted by Gasteiger charge is -2.24. The number of ether oxygens (including phenoxy) is 1. The predicted molar refractivity (Wildman–Crippen MR) is 131 cm³/mol. The second-order valence-electron chi connectivity index (χ2n) is 8.26. The molecular formula is C26H20F3N3O3S. The van der Waals surface area contributed by atoms with E-state index in [1.165, 1.54) is 80.6 Å². The van der Waals surface area contributed by atoms with Gasteiger partial charge in [-0.25, -0.2) is 18.2 Å². The Balaban J connectivity index is 1.57. The Bertz CT molecular complexity index is 1400. The van der Waals surface area contributed by atoms with Crippen LogP contribution in [0.4, 0.5) is 18.3 Å². The highest BCUT2D eigenvalue weighted by Gasteiger charge is 2.31. The Labute approximate surface area is 208 Å². The van der Waals surface area contributed by atoms with Gasteiger partial charge in [0.25, 0.3) is 11.8 Å². The summed E-state index contributed by atoms with van der Waals surface area (Å²) in [5.41, 5.74) is -0.452. The van der Waals surface area contributed by atoms with Gasteiger partial charge in [-0.05, 0) is 80.6 Å². The number of nitrogens with zero attached hydrogens (tertiary/aromatic N) is 1. The van der Waals surface area contributed by atoms with Crippen molar-refractivity contribution in [2.24, 2.45) is 0 Å². The number of aromatic nitrogens is 1. The summed E-state index contributed by atoms with van der Waals surface area (Å²) in [5.74, 6) is -2.31. The molecule has 36 heavy (non-hydrogen) atoms. The molecule has 0 saturated heterocycles. The van der Waals surface area contributed by atoms with E-state index >= 15 is 0 Å². The molecule has 1 aromatic heterocycles. The van der Waals surface area contributed by atoms with Crippen molar-refractivity contribution in [1.82, 2.24) is 10.3 Å². The van der Waals surface area contributed by atoms with Crippen molar-refractivity contribution in [3.05, 3.63) is 95.8 Å². The Hall–Kier alpha value is -4.18. The SMILES string of the molecule is CC(C)(NC(=O)c1cccc(F)c1)C(=O)Nc1nc(-c2ccc(F)cc2)c(Oc2ccc(F)cc2)s1. The molecule has 6 nitrogen and oxygen atoms in total. The molecule has 1 heterocycles. The predicted octanol–water partition coefficient (Wildman–Crippen LogP) is 6.17. The van der Waals surface area contributed by atoms with Crippen LogP contribution in [0.3, 0.4) is 0 Å². The Morgan fingerprint density at radius 2 is 1.53 bits per heavy atom. The lowest BCUT2D eigenvalue weighted by atomic mass is 10.0. The van der Waals surface area contributed by atoms with Gasteiger partial charge in [0.05, 0.1) is 0 Å². The van der Waals surface area contributed by atoms with E-state index in [1.54, 1.807) is 0 Å². The summed E-state index contributed by atoms with van der Waals surface area (Å²) in [7, 11) is 0. The molecule has 3 aromatic carbocycles.